The molecule has 2 N–H and O–H groups in total. The fourth-order valence-corrected chi connectivity index (χ4v) is 2.10. The molecular formula is C16H20ClN3O5. The fourth-order valence-electron chi connectivity index (χ4n) is 1.93. The van der Waals surface area contributed by atoms with Gasteiger partial charge in [0.05, 0.1) is 12.7 Å². The number of H-pyrrole nitrogens is 1. The molecule has 0 aliphatic rings. The van der Waals surface area contributed by atoms with Crippen molar-refractivity contribution in [2.45, 2.75) is 32.6 Å². The molecule has 2 heterocycles. The maximum absolute atomic E-state index is 12.0. The van der Waals surface area contributed by atoms with Crippen molar-refractivity contribution in [2.75, 3.05) is 6.61 Å². The summed E-state index contributed by atoms with van der Waals surface area (Å²) in [6.45, 7) is 5.43. The number of halogens is 1. The van der Waals surface area contributed by atoms with Crippen LogP contribution >= 0.6 is 11.6 Å². The Bertz CT molecular complexity index is 811. The van der Waals surface area contributed by atoms with Gasteiger partial charge in [-0.1, -0.05) is 18.5 Å². The van der Waals surface area contributed by atoms with E-state index in [2.05, 4.69) is 22.8 Å². The van der Waals surface area contributed by atoms with E-state index in [1.807, 2.05) is 13.7 Å². The number of carbonyl (C=O) groups excluding carboxylic acids is 1. The lowest BCUT2D eigenvalue weighted by Gasteiger charge is -2.21. The van der Waals surface area contributed by atoms with Crippen molar-refractivity contribution in [1.29, 1.82) is 0 Å². The number of fused-ring (bicyclic) bond motifs is 1. The summed E-state index contributed by atoms with van der Waals surface area (Å²) < 4.78 is 6.87. The average Bonchev–Trinajstić information content (AvgIpc) is 2.63. The first kappa shape index (κ1) is 22.5. The lowest BCUT2D eigenvalue weighted by Crippen LogP contribution is -2.30. The van der Waals surface area contributed by atoms with Crippen LogP contribution in [0.1, 0.15) is 26.5 Å². The number of hydrogen-bond acceptors (Lipinski definition) is 6. The van der Waals surface area contributed by atoms with Gasteiger partial charge in [0.2, 0.25) is 0 Å². The highest BCUT2D eigenvalue weighted by Gasteiger charge is 2.15. The first-order valence-corrected chi connectivity index (χ1v) is 7.54. The number of aromatic amines is 1. The van der Waals surface area contributed by atoms with Crippen LogP contribution in [-0.2, 0) is 9.53 Å². The minimum atomic E-state index is -0.600. The number of aromatic nitrogens is 3. The summed E-state index contributed by atoms with van der Waals surface area (Å²) in [6.07, 6.45) is 9.18. The molecule has 0 amide bonds. The second-order valence-electron chi connectivity index (χ2n) is 4.63. The molecule has 0 saturated heterocycles. The van der Waals surface area contributed by atoms with Crippen LogP contribution in [0.5, 0.6) is 0 Å². The van der Waals surface area contributed by atoms with Gasteiger partial charge < -0.3 is 19.6 Å². The van der Waals surface area contributed by atoms with E-state index in [1.165, 1.54) is 16.8 Å². The minimum absolute atomic E-state index is 0.0184. The molecule has 2 aromatic heterocycles. The highest BCUT2D eigenvalue weighted by molar-refractivity contribution is 6.30. The number of carbonyl (C=O) groups is 1. The Kier molecular flexibility index (Phi) is 10.0. The lowest BCUT2D eigenvalue weighted by atomic mass is 10.3. The SMILES string of the molecule is C#C.C=O.CC[C@@H](CO)O[C@H](C)n1cc2cc(Cl)c(=O)[nH]c2nc1=O. The highest BCUT2D eigenvalue weighted by atomic mass is 35.5. The smallest absolute Gasteiger partial charge is 0.351 e. The van der Waals surface area contributed by atoms with Crippen molar-refractivity contribution in [3.8, 4) is 12.8 Å². The molecule has 0 spiro atoms. The monoisotopic (exact) mass is 369 g/mol. The molecule has 0 unspecified atom stereocenters. The van der Waals surface area contributed by atoms with E-state index in [1.54, 1.807) is 6.92 Å². The molecule has 136 valence electrons. The number of hydrogen-bond donors (Lipinski definition) is 2. The van der Waals surface area contributed by atoms with Gasteiger partial charge in [0.25, 0.3) is 5.56 Å². The predicted octanol–water partition coefficient (Wildman–Crippen LogP) is 1.11. The Labute approximate surface area is 149 Å². The Morgan fingerprint density at radius 1 is 1.44 bits per heavy atom. The van der Waals surface area contributed by atoms with E-state index in [9.17, 15) is 9.59 Å². The van der Waals surface area contributed by atoms with Crippen LogP contribution in [-0.4, -0.2) is 39.1 Å². The van der Waals surface area contributed by atoms with E-state index in [-0.39, 0.29) is 23.4 Å². The van der Waals surface area contributed by atoms with E-state index in [0.29, 0.717) is 11.8 Å². The van der Waals surface area contributed by atoms with E-state index >= 15 is 0 Å². The molecule has 0 fully saturated rings. The number of ether oxygens (including phenoxy) is 1. The Hall–Kier alpha value is -2.47. The Morgan fingerprint density at radius 3 is 2.56 bits per heavy atom. The molecule has 2 aromatic rings. The summed E-state index contributed by atoms with van der Waals surface area (Å²) in [6, 6.07) is 1.44. The van der Waals surface area contributed by atoms with Gasteiger partial charge in [-0.2, -0.15) is 4.98 Å². The molecule has 0 aliphatic heterocycles. The largest absolute Gasteiger partial charge is 0.394 e. The maximum atomic E-state index is 12.0. The van der Waals surface area contributed by atoms with E-state index < -0.39 is 17.5 Å². The van der Waals surface area contributed by atoms with Crippen molar-refractivity contribution < 1.29 is 14.6 Å². The molecule has 8 nitrogen and oxygen atoms in total. The molecule has 0 bridgehead atoms. The summed E-state index contributed by atoms with van der Waals surface area (Å²) in [5.74, 6) is 0. The molecule has 0 aliphatic carbocycles. The normalized spacial score (nSPS) is 12.2. The van der Waals surface area contributed by atoms with Crippen LogP contribution in [0.25, 0.3) is 11.0 Å². The number of aliphatic hydroxyl groups excluding tert-OH is 1. The van der Waals surface area contributed by atoms with Crippen molar-refractivity contribution in [2.24, 2.45) is 0 Å². The summed E-state index contributed by atoms with van der Waals surface area (Å²) in [5.41, 5.74) is -0.878. The van der Waals surface area contributed by atoms with E-state index in [0.717, 1.165) is 0 Å². The van der Waals surface area contributed by atoms with Gasteiger partial charge in [-0.15, -0.1) is 12.8 Å². The van der Waals surface area contributed by atoms with E-state index in [4.69, 9.17) is 26.2 Å². The molecule has 2 atom stereocenters. The second-order valence-corrected chi connectivity index (χ2v) is 5.04. The van der Waals surface area contributed by atoms with Gasteiger partial charge >= 0.3 is 5.69 Å². The second kappa shape index (κ2) is 11.1. The van der Waals surface area contributed by atoms with Gasteiger partial charge in [0.1, 0.15) is 23.7 Å². The quantitative estimate of drug-likeness (QED) is 0.763. The highest BCUT2D eigenvalue weighted by Crippen LogP contribution is 2.14. The maximum Gasteiger partial charge on any atom is 0.351 e. The van der Waals surface area contributed by atoms with Gasteiger partial charge in [-0.3, -0.25) is 9.36 Å². The fraction of sp³-hybridized carbons (Fsp3) is 0.375. The topological polar surface area (TPSA) is 114 Å². The van der Waals surface area contributed by atoms with Gasteiger partial charge in [-0.25, -0.2) is 4.79 Å². The number of rotatable bonds is 5. The van der Waals surface area contributed by atoms with Crippen LogP contribution in [0, 0.1) is 12.8 Å². The molecule has 0 radical (unpaired) electrons. The van der Waals surface area contributed by atoms with Crippen molar-refractivity contribution in [1.82, 2.24) is 14.5 Å². The molecule has 0 saturated carbocycles. The average molecular weight is 370 g/mol. The van der Waals surface area contributed by atoms with Crippen molar-refractivity contribution in [3.63, 3.8) is 0 Å². The standard InChI is InChI=1S/C13H16ClN3O4.C2H2.CH2O/c1-3-9(6-18)21-7(2)17-5-8-4-10(14)12(19)15-11(8)16-13(17)20;2*1-2/h4-5,7,9,18H,3,6H2,1-2H3,(H,15,16,19,20);1-2H;1H2/t7-,9+;;/m1../s1. The zero-order valence-corrected chi connectivity index (χ0v) is 14.7. The third-order valence-electron chi connectivity index (χ3n) is 3.15. The Balaban J connectivity index is 0.00000134. The van der Waals surface area contributed by atoms with Crippen LogP contribution in [0.3, 0.4) is 0 Å². The predicted molar refractivity (Wildman–Crippen MR) is 95.6 cm³/mol. The van der Waals surface area contributed by atoms with Crippen LogP contribution in [0.2, 0.25) is 5.02 Å². The lowest BCUT2D eigenvalue weighted by molar-refractivity contribution is -0.0980. The molecular weight excluding hydrogens is 350 g/mol. The van der Waals surface area contributed by atoms with Crippen LogP contribution < -0.4 is 11.2 Å². The molecule has 2 rings (SSSR count). The van der Waals surface area contributed by atoms with Crippen molar-refractivity contribution >= 4 is 29.4 Å². The summed E-state index contributed by atoms with van der Waals surface area (Å²) in [5, 5.41) is 9.68. The third kappa shape index (κ3) is 5.83. The summed E-state index contributed by atoms with van der Waals surface area (Å²) in [7, 11) is 0. The number of terminal acetylenes is 1. The van der Waals surface area contributed by atoms with Crippen LogP contribution in [0.4, 0.5) is 0 Å². The number of aliphatic hydroxyl groups is 1. The first-order valence-electron chi connectivity index (χ1n) is 7.16. The van der Waals surface area contributed by atoms with Gasteiger partial charge in [0, 0.05) is 11.6 Å². The molecule has 0 aromatic carbocycles. The number of nitrogens with one attached hydrogen (secondary N) is 1. The Morgan fingerprint density at radius 2 is 2.04 bits per heavy atom. The first-order chi connectivity index (χ1) is 12.0. The zero-order valence-electron chi connectivity index (χ0n) is 13.9. The zero-order chi connectivity index (χ0) is 19.6. The minimum Gasteiger partial charge on any atom is -0.394 e. The van der Waals surface area contributed by atoms with Crippen molar-refractivity contribution in [3.05, 3.63) is 38.1 Å². The van der Waals surface area contributed by atoms with Gasteiger partial charge in [0.15, 0.2) is 0 Å². The summed E-state index contributed by atoms with van der Waals surface area (Å²) >= 11 is 5.77. The van der Waals surface area contributed by atoms with Gasteiger partial charge in [-0.05, 0) is 19.4 Å². The number of nitrogens with zero attached hydrogens (tertiary/aromatic N) is 2. The molecule has 25 heavy (non-hydrogen) atoms. The molecule has 9 heteroatoms. The third-order valence-corrected chi connectivity index (χ3v) is 3.43. The van der Waals surface area contributed by atoms with Crippen LogP contribution in [0.15, 0.2) is 21.9 Å². The summed E-state index contributed by atoms with van der Waals surface area (Å²) in [4.78, 5) is 37.6. The number of pyridine rings is 1.